The van der Waals surface area contributed by atoms with Gasteiger partial charge in [-0.1, -0.05) is 12.1 Å². The molecule has 0 spiro atoms. The number of carbonyl (C=O) groups is 2. The summed E-state index contributed by atoms with van der Waals surface area (Å²) in [6.07, 6.45) is 0.134. The zero-order chi connectivity index (χ0) is 12.8. The number of nitrogen functional groups attached to an aromatic ring is 1. The number of para-hydroxylation sites is 1. The Labute approximate surface area is 99.9 Å². The first-order valence-corrected chi connectivity index (χ1v) is 5.26. The molecule has 5 heteroatoms. The summed E-state index contributed by atoms with van der Waals surface area (Å²) in [5.74, 6) is -0.654. The molecule has 92 valence electrons. The number of hydrogen-bond acceptors (Lipinski definition) is 4. The van der Waals surface area contributed by atoms with Gasteiger partial charge in [0.25, 0.3) is 5.91 Å². The van der Waals surface area contributed by atoms with E-state index in [1.807, 2.05) is 0 Å². The van der Waals surface area contributed by atoms with Crippen LogP contribution in [0.3, 0.4) is 0 Å². The van der Waals surface area contributed by atoms with Gasteiger partial charge >= 0.3 is 5.97 Å². The van der Waals surface area contributed by atoms with Crippen molar-refractivity contribution in [2.75, 3.05) is 12.8 Å². The van der Waals surface area contributed by atoms with E-state index in [0.717, 1.165) is 0 Å². The molecule has 0 aliphatic heterocycles. The Bertz CT molecular complexity index is 418. The van der Waals surface area contributed by atoms with Crippen LogP contribution in [0, 0.1) is 0 Å². The Morgan fingerprint density at radius 1 is 1.41 bits per heavy atom. The molecule has 0 aliphatic carbocycles. The highest BCUT2D eigenvalue weighted by molar-refractivity contribution is 5.99. The average molecular weight is 236 g/mol. The molecule has 0 heterocycles. The van der Waals surface area contributed by atoms with Gasteiger partial charge in [-0.25, -0.2) is 0 Å². The number of carbonyl (C=O) groups excluding carboxylic acids is 2. The Hall–Kier alpha value is -2.04. The maximum Gasteiger partial charge on any atom is 0.307 e. The molecule has 1 rings (SSSR count). The molecule has 17 heavy (non-hydrogen) atoms. The van der Waals surface area contributed by atoms with Crippen LogP contribution >= 0.6 is 0 Å². The second-order valence-electron chi connectivity index (χ2n) is 3.74. The minimum absolute atomic E-state index is 0.134. The predicted octanol–water partition coefficient (Wildman–Crippen LogP) is 0.950. The van der Waals surface area contributed by atoms with Crippen LogP contribution in [0.15, 0.2) is 24.3 Å². The molecule has 0 aromatic heterocycles. The third-order valence-corrected chi connectivity index (χ3v) is 2.28. The van der Waals surface area contributed by atoms with Gasteiger partial charge in [0.15, 0.2) is 0 Å². The number of hydrogen-bond donors (Lipinski definition) is 2. The number of amides is 1. The van der Waals surface area contributed by atoms with E-state index in [0.29, 0.717) is 11.3 Å². The maximum atomic E-state index is 11.8. The van der Waals surface area contributed by atoms with Gasteiger partial charge in [-0.3, -0.25) is 9.59 Å². The molecule has 1 amide bonds. The summed E-state index contributed by atoms with van der Waals surface area (Å²) in [7, 11) is 1.31. The van der Waals surface area contributed by atoms with Crippen LogP contribution in [0.25, 0.3) is 0 Å². The summed E-state index contributed by atoms with van der Waals surface area (Å²) in [5, 5.41) is 2.68. The third kappa shape index (κ3) is 3.79. The summed E-state index contributed by atoms with van der Waals surface area (Å²) >= 11 is 0. The van der Waals surface area contributed by atoms with Crippen LogP contribution in [0.4, 0.5) is 5.69 Å². The van der Waals surface area contributed by atoms with Gasteiger partial charge in [0, 0.05) is 11.7 Å². The standard InChI is InChI=1S/C12H16N2O3/c1-8(7-11(15)17-2)14-12(16)9-5-3-4-6-10(9)13/h3-6,8H,7,13H2,1-2H3,(H,14,16). The predicted molar refractivity (Wildman–Crippen MR) is 64.4 cm³/mol. The molecule has 0 fully saturated rings. The van der Waals surface area contributed by atoms with E-state index in [9.17, 15) is 9.59 Å². The lowest BCUT2D eigenvalue weighted by atomic mass is 10.1. The summed E-state index contributed by atoms with van der Waals surface area (Å²) in [6.45, 7) is 1.73. The van der Waals surface area contributed by atoms with Crippen LogP contribution in [0.1, 0.15) is 23.7 Å². The molecule has 0 saturated heterocycles. The largest absolute Gasteiger partial charge is 0.469 e. The van der Waals surface area contributed by atoms with Crippen molar-refractivity contribution in [3.8, 4) is 0 Å². The van der Waals surface area contributed by atoms with Crippen molar-refractivity contribution in [2.45, 2.75) is 19.4 Å². The lowest BCUT2D eigenvalue weighted by molar-refractivity contribution is -0.141. The second kappa shape index (κ2) is 5.89. The van der Waals surface area contributed by atoms with Crippen LogP contribution in [-0.4, -0.2) is 25.0 Å². The summed E-state index contributed by atoms with van der Waals surface area (Å²) in [6, 6.07) is 6.48. The Balaban J connectivity index is 2.61. The molecule has 1 unspecified atom stereocenters. The fraction of sp³-hybridized carbons (Fsp3) is 0.333. The number of esters is 1. The van der Waals surface area contributed by atoms with Crippen molar-refractivity contribution in [2.24, 2.45) is 0 Å². The normalized spacial score (nSPS) is 11.6. The van der Waals surface area contributed by atoms with Gasteiger partial charge in [-0.15, -0.1) is 0 Å². The molecule has 0 bridgehead atoms. The lowest BCUT2D eigenvalue weighted by Crippen LogP contribution is -2.34. The highest BCUT2D eigenvalue weighted by Crippen LogP contribution is 2.10. The molecule has 1 atom stereocenters. The maximum absolute atomic E-state index is 11.8. The van der Waals surface area contributed by atoms with Crippen molar-refractivity contribution in [1.29, 1.82) is 0 Å². The first-order valence-electron chi connectivity index (χ1n) is 5.26. The molecule has 1 aromatic carbocycles. The average Bonchev–Trinajstić information content (AvgIpc) is 2.29. The number of nitrogens with two attached hydrogens (primary N) is 1. The van der Waals surface area contributed by atoms with Crippen LogP contribution in [0.5, 0.6) is 0 Å². The minimum atomic E-state index is -0.362. The first-order chi connectivity index (χ1) is 8.04. The fourth-order valence-electron chi connectivity index (χ4n) is 1.39. The molecule has 5 nitrogen and oxygen atoms in total. The topological polar surface area (TPSA) is 81.4 Å². The number of rotatable bonds is 4. The molecule has 3 N–H and O–H groups in total. The number of benzene rings is 1. The van der Waals surface area contributed by atoms with Gasteiger partial charge in [0.1, 0.15) is 0 Å². The Kier molecular flexibility index (Phi) is 4.51. The van der Waals surface area contributed by atoms with Crippen molar-refractivity contribution >= 4 is 17.6 Å². The molecular weight excluding hydrogens is 220 g/mol. The van der Waals surface area contributed by atoms with Gasteiger partial charge < -0.3 is 15.8 Å². The monoisotopic (exact) mass is 236 g/mol. The quantitative estimate of drug-likeness (QED) is 0.602. The first kappa shape index (κ1) is 13.0. The van der Waals surface area contributed by atoms with E-state index in [4.69, 9.17) is 5.73 Å². The highest BCUT2D eigenvalue weighted by Gasteiger charge is 2.14. The van der Waals surface area contributed by atoms with E-state index in [-0.39, 0.29) is 24.3 Å². The Morgan fingerprint density at radius 2 is 2.06 bits per heavy atom. The second-order valence-corrected chi connectivity index (χ2v) is 3.74. The molecule has 1 aromatic rings. The van der Waals surface area contributed by atoms with Crippen molar-refractivity contribution in [1.82, 2.24) is 5.32 Å². The Morgan fingerprint density at radius 3 is 2.65 bits per heavy atom. The molecular formula is C12H16N2O3. The third-order valence-electron chi connectivity index (χ3n) is 2.28. The van der Waals surface area contributed by atoms with E-state index in [1.165, 1.54) is 7.11 Å². The smallest absolute Gasteiger partial charge is 0.307 e. The number of methoxy groups -OCH3 is 1. The van der Waals surface area contributed by atoms with Gasteiger partial charge in [-0.05, 0) is 19.1 Å². The highest BCUT2D eigenvalue weighted by atomic mass is 16.5. The van der Waals surface area contributed by atoms with Crippen molar-refractivity contribution in [3.05, 3.63) is 29.8 Å². The van der Waals surface area contributed by atoms with E-state index >= 15 is 0 Å². The summed E-state index contributed by atoms with van der Waals surface area (Å²) < 4.78 is 4.52. The fourth-order valence-corrected chi connectivity index (χ4v) is 1.39. The van der Waals surface area contributed by atoms with E-state index in [2.05, 4.69) is 10.1 Å². The van der Waals surface area contributed by atoms with Gasteiger partial charge in [-0.2, -0.15) is 0 Å². The zero-order valence-electron chi connectivity index (χ0n) is 9.90. The minimum Gasteiger partial charge on any atom is -0.469 e. The van der Waals surface area contributed by atoms with Crippen LogP contribution in [-0.2, 0) is 9.53 Å². The van der Waals surface area contributed by atoms with Crippen LogP contribution in [0.2, 0.25) is 0 Å². The van der Waals surface area contributed by atoms with E-state index < -0.39 is 0 Å². The van der Waals surface area contributed by atoms with E-state index in [1.54, 1.807) is 31.2 Å². The number of anilines is 1. The SMILES string of the molecule is COC(=O)CC(C)NC(=O)c1ccccc1N. The zero-order valence-corrected chi connectivity index (χ0v) is 9.90. The summed E-state index contributed by atoms with van der Waals surface area (Å²) in [5.41, 5.74) is 6.49. The van der Waals surface area contributed by atoms with Gasteiger partial charge in [0.2, 0.25) is 0 Å². The number of ether oxygens (including phenoxy) is 1. The lowest BCUT2D eigenvalue weighted by Gasteiger charge is -2.13. The van der Waals surface area contributed by atoms with Crippen molar-refractivity contribution in [3.63, 3.8) is 0 Å². The molecule has 0 saturated carbocycles. The summed E-state index contributed by atoms with van der Waals surface area (Å²) in [4.78, 5) is 22.8. The molecule has 0 aliphatic rings. The number of nitrogens with one attached hydrogen (secondary N) is 1. The van der Waals surface area contributed by atoms with Gasteiger partial charge in [0.05, 0.1) is 19.1 Å². The van der Waals surface area contributed by atoms with Crippen molar-refractivity contribution < 1.29 is 14.3 Å². The van der Waals surface area contributed by atoms with Crippen LogP contribution < -0.4 is 11.1 Å². The molecule has 0 radical (unpaired) electrons.